The fourth-order valence-corrected chi connectivity index (χ4v) is 5.13. The Morgan fingerprint density at radius 3 is 2.46 bits per heavy atom. The smallest absolute Gasteiger partial charge is 0.248 e. The summed E-state index contributed by atoms with van der Waals surface area (Å²) in [5, 5.41) is 19.9. The van der Waals surface area contributed by atoms with Crippen LogP contribution in [0.25, 0.3) is 22.2 Å². The number of amides is 1. The van der Waals surface area contributed by atoms with E-state index in [0.717, 1.165) is 0 Å². The first-order valence-electron chi connectivity index (χ1n) is 12.9. The zero-order valence-corrected chi connectivity index (χ0v) is 22.9. The molecule has 1 amide bonds. The van der Waals surface area contributed by atoms with E-state index in [-0.39, 0.29) is 59.1 Å². The van der Waals surface area contributed by atoms with Crippen molar-refractivity contribution in [3.05, 3.63) is 82.2 Å². The maximum atomic E-state index is 15.8. The highest BCUT2D eigenvalue weighted by atomic mass is 19.1. The molecule has 1 aliphatic heterocycles. The Hall–Kier alpha value is -4.35. The van der Waals surface area contributed by atoms with Gasteiger partial charge in [-0.25, -0.2) is 13.8 Å². The van der Waals surface area contributed by atoms with Gasteiger partial charge < -0.3 is 20.3 Å². The Bertz CT molecular complexity index is 1700. The van der Waals surface area contributed by atoms with E-state index >= 15 is 4.39 Å². The summed E-state index contributed by atoms with van der Waals surface area (Å²) in [6, 6.07) is 9.40. The number of ketones is 1. The number of primary amides is 1. The predicted molar refractivity (Wildman–Crippen MR) is 145 cm³/mol. The van der Waals surface area contributed by atoms with Crippen molar-refractivity contribution >= 4 is 22.6 Å². The van der Waals surface area contributed by atoms with Crippen molar-refractivity contribution in [1.82, 2.24) is 15.2 Å². The summed E-state index contributed by atoms with van der Waals surface area (Å²) < 4.78 is 41.1. The SMILES string of the molecule is COc1cc(C(N)=O)cc2c(CC3(c4cc(C(C)(C)O)c(F)c(-c5ccc(F)cc5)n4)OCCC3=O)c(C)nnc12. The first kappa shape index (κ1) is 28.2. The van der Waals surface area contributed by atoms with Gasteiger partial charge in [0.1, 0.15) is 22.8 Å². The number of pyridine rings is 1. The fourth-order valence-electron chi connectivity index (χ4n) is 5.13. The van der Waals surface area contributed by atoms with Crippen molar-refractivity contribution in [3.63, 3.8) is 0 Å². The number of benzene rings is 2. The molecule has 0 saturated carbocycles. The average Bonchev–Trinajstić information content (AvgIpc) is 3.30. The Morgan fingerprint density at radius 2 is 1.88 bits per heavy atom. The highest BCUT2D eigenvalue weighted by Gasteiger charge is 2.48. The first-order chi connectivity index (χ1) is 19.4. The van der Waals surface area contributed by atoms with Gasteiger partial charge in [-0.15, -0.1) is 5.10 Å². The van der Waals surface area contributed by atoms with E-state index in [4.69, 9.17) is 15.2 Å². The average molecular weight is 563 g/mol. The molecule has 3 N–H and O–H groups in total. The molecule has 9 nitrogen and oxygen atoms in total. The number of carbonyl (C=O) groups excluding carboxylic acids is 2. The Morgan fingerprint density at radius 1 is 1.17 bits per heavy atom. The summed E-state index contributed by atoms with van der Waals surface area (Å²) in [7, 11) is 1.42. The molecule has 0 bridgehead atoms. The van der Waals surface area contributed by atoms with Gasteiger partial charge in [0, 0.05) is 34.9 Å². The van der Waals surface area contributed by atoms with Gasteiger partial charge in [-0.3, -0.25) is 9.59 Å². The van der Waals surface area contributed by atoms with E-state index in [1.54, 1.807) is 13.0 Å². The van der Waals surface area contributed by atoms with E-state index in [9.17, 15) is 19.1 Å². The molecule has 0 aliphatic carbocycles. The van der Waals surface area contributed by atoms with Crippen molar-refractivity contribution in [1.29, 1.82) is 0 Å². The molecule has 1 aliphatic rings. The molecule has 1 saturated heterocycles. The van der Waals surface area contributed by atoms with Crippen LogP contribution in [0.3, 0.4) is 0 Å². The third-order valence-corrected chi connectivity index (χ3v) is 7.34. The third-order valence-electron chi connectivity index (χ3n) is 7.34. The second kappa shape index (κ2) is 10.2. The van der Waals surface area contributed by atoms with Gasteiger partial charge in [-0.2, -0.15) is 5.10 Å². The van der Waals surface area contributed by atoms with Gasteiger partial charge in [-0.1, -0.05) is 0 Å². The lowest BCUT2D eigenvalue weighted by atomic mass is 9.83. The maximum absolute atomic E-state index is 15.8. The van der Waals surface area contributed by atoms with E-state index in [1.165, 1.54) is 57.4 Å². The molecule has 212 valence electrons. The van der Waals surface area contributed by atoms with Crippen LogP contribution >= 0.6 is 0 Å². The number of rotatable bonds is 7. The number of halogens is 2. The number of Topliss-reactive ketones (excluding diaryl/α,β-unsaturated/α-hetero) is 1. The number of aryl methyl sites for hydroxylation is 1. The standard InChI is InChI=1S/C30H28F2N4O5/c1-15-20(19-11-17(28(33)38)12-22(40-4)27(19)36-35-15)14-30(24(37)9-10-41-30)23-13-21(29(2,3)39)25(32)26(34-23)16-5-7-18(31)8-6-16/h5-8,11-13,39H,9-10,14H2,1-4H3,(H2,33,38). The zero-order chi connectivity index (χ0) is 29.7. The highest BCUT2D eigenvalue weighted by Crippen LogP contribution is 2.42. The number of hydrogen-bond donors (Lipinski definition) is 2. The number of methoxy groups -OCH3 is 1. The minimum absolute atomic E-state index is 0.0636. The predicted octanol–water partition coefficient (Wildman–Crippen LogP) is 4.04. The molecular weight excluding hydrogens is 534 g/mol. The maximum Gasteiger partial charge on any atom is 0.248 e. The number of aromatic nitrogens is 3. The molecule has 0 spiro atoms. The number of carbonyl (C=O) groups is 2. The Kier molecular flexibility index (Phi) is 7.04. The van der Waals surface area contributed by atoms with E-state index in [1.807, 2.05) is 0 Å². The van der Waals surface area contributed by atoms with E-state index < -0.39 is 28.7 Å². The van der Waals surface area contributed by atoms with Crippen molar-refractivity contribution < 1.29 is 33.0 Å². The summed E-state index contributed by atoms with van der Waals surface area (Å²) in [4.78, 5) is 30.3. The largest absolute Gasteiger partial charge is 0.494 e. The van der Waals surface area contributed by atoms with Crippen molar-refractivity contribution in [2.24, 2.45) is 5.73 Å². The monoisotopic (exact) mass is 562 g/mol. The van der Waals surface area contributed by atoms with Crippen LogP contribution in [0.2, 0.25) is 0 Å². The van der Waals surface area contributed by atoms with Crippen LogP contribution in [-0.4, -0.2) is 45.7 Å². The molecule has 1 atom stereocenters. The normalized spacial score (nSPS) is 17.3. The van der Waals surface area contributed by atoms with E-state index in [2.05, 4.69) is 15.2 Å². The number of aliphatic hydroxyl groups is 1. The highest BCUT2D eigenvalue weighted by molar-refractivity contribution is 6.00. The van der Waals surface area contributed by atoms with Gasteiger partial charge >= 0.3 is 0 Å². The van der Waals surface area contributed by atoms with Crippen LogP contribution in [-0.2, 0) is 27.2 Å². The lowest BCUT2D eigenvalue weighted by Gasteiger charge is -2.30. The lowest BCUT2D eigenvalue weighted by molar-refractivity contribution is -0.133. The number of nitrogens with two attached hydrogens (primary N) is 1. The molecule has 1 fully saturated rings. The van der Waals surface area contributed by atoms with Crippen molar-refractivity contribution in [3.8, 4) is 17.0 Å². The molecule has 0 radical (unpaired) electrons. The van der Waals surface area contributed by atoms with Gasteiger partial charge in [0.05, 0.1) is 30.7 Å². The minimum atomic E-state index is -1.70. The van der Waals surface area contributed by atoms with Crippen LogP contribution in [0.1, 0.15) is 53.1 Å². The summed E-state index contributed by atoms with van der Waals surface area (Å²) in [6.07, 6.45) is -0.0318. The van der Waals surface area contributed by atoms with Crippen LogP contribution in [0, 0.1) is 18.6 Å². The number of hydrogen-bond acceptors (Lipinski definition) is 8. The lowest BCUT2D eigenvalue weighted by Crippen LogP contribution is -2.38. The van der Waals surface area contributed by atoms with Crippen LogP contribution in [0.4, 0.5) is 8.78 Å². The number of ether oxygens (including phenoxy) is 2. The molecule has 4 aromatic rings. The Balaban J connectivity index is 1.78. The number of nitrogens with zero attached hydrogens (tertiary/aromatic N) is 3. The topological polar surface area (TPSA) is 138 Å². The Labute approximate surface area is 234 Å². The molecule has 41 heavy (non-hydrogen) atoms. The quantitative estimate of drug-likeness (QED) is 0.344. The van der Waals surface area contributed by atoms with Crippen LogP contribution < -0.4 is 10.5 Å². The van der Waals surface area contributed by atoms with Crippen LogP contribution in [0.15, 0.2) is 42.5 Å². The molecule has 11 heteroatoms. The molecule has 2 aromatic heterocycles. The summed E-state index contributed by atoms with van der Waals surface area (Å²) in [6.45, 7) is 4.60. The minimum Gasteiger partial charge on any atom is -0.494 e. The number of fused-ring (bicyclic) bond motifs is 1. The summed E-state index contributed by atoms with van der Waals surface area (Å²) >= 11 is 0. The van der Waals surface area contributed by atoms with E-state index in [0.29, 0.717) is 22.2 Å². The van der Waals surface area contributed by atoms with Gasteiger partial charge in [0.25, 0.3) is 0 Å². The van der Waals surface area contributed by atoms with Gasteiger partial charge in [0.2, 0.25) is 5.91 Å². The molecular formula is C30H28F2N4O5. The molecule has 5 rings (SSSR count). The molecule has 2 aromatic carbocycles. The van der Waals surface area contributed by atoms with Crippen molar-refractivity contribution in [2.75, 3.05) is 13.7 Å². The summed E-state index contributed by atoms with van der Waals surface area (Å²) in [5.74, 6) is -2.06. The second-order valence-corrected chi connectivity index (χ2v) is 10.5. The molecule has 1 unspecified atom stereocenters. The molecule has 3 heterocycles. The first-order valence-corrected chi connectivity index (χ1v) is 12.9. The van der Waals surface area contributed by atoms with Gasteiger partial charge in [0.15, 0.2) is 17.2 Å². The summed E-state index contributed by atoms with van der Waals surface area (Å²) in [5.41, 5.74) is 3.72. The zero-order valence-electron chi connectivity index (χ0n) is 22.9. The third kappa shape index (κ3) is 4.91. The van der Waals surface area contributed by atoms with Crippen LogP contribution in [0.5, 0.6) is 5.75 Å². The van der Waals surface area contributed by atoms with Crippen molar-refractivity contribution in [2.45, 2.75) is 44.8 Å². The second-order valence-electron chi connectivity index (χ2n) is 10.5. The fraction of sp³-hybridized carbons (Fsp3) is 0.300. The van der Waals surface area contributed by atoms with Gasteiger partial charge in [-0.05, 0) is 68.8 Å².